The molecule has 3 aromatic carbocycles. The lowest BCUT2D eigenvalue weighted by Gasteiger charge is -2.13. The Bertz CT molecular complexity index is 1290. The molecule has 0 aliphatic rings. The first kappa shape index (κ1) is 24.1. The summed E-state index contributed by atoms with van der Waals surface area (Å²) in [6.45, 7) is 2.37. The number of methoxy groups -OCH3 is 1. The van der Waals surface area contributed by atoms with Gasteiger partial charge in [0.1, 0.15) is 12.9 Å². The van der Waals surface area contributed by atoms with E-state index in [9.17, 15) is 0 Å². The van der Waals surface area contributed by atoms with Gasteiger partial charge in [-0.25, -0.2) is 0 Å². The Labute approximate surface area is 212 Å². The van der Waals surface area contributed by atoms with E-state index in [-0.39, 0.29) is 0 Å². The molecule has 34 heavy (non-hydrogen) atoms. The lowest BCUT2D eigenvalue weighted by molar-refractivity contribution is 0.284. The van der Waals surface area contributed by atoms with Crippen LogP contribution < -0.4 is 9.47 Å². The molecule has 4 aromatic rings. The van der Waals surface area contributed by atoms with Crippen LogP contribution in [0, 0.1) is 6.92 Å². The quantitative estimate of drug-likeness (QED) is 0.185. The van der Waals surface area contributed by atoms with Gasteiger partial charge in [0, 0.05) is 11.3 Å². The number of aryl methyl sites for hydroxylation is 1. The summed E-state index contributed by atoms with van der Waals surface area (Å²) in [6, 6.07) is 19.4. The van der Waals surface area contributed by atoms with E-state index in [1.165, 1.54) is 11.1 Å². The summed E-state index contributed by atoms with van der Waals surface area (Å²) in [6.07, 6.45) is 3.27. The molecule has 174 valence electrons. The van der Waals surface area contributed by atoms with Gasteiger partial charge < -0.3 is 9.47 Å². The van der Waals surface area contributed by atoms with Gasteiger partial charge in [-0.2, -0.15) is 9.78 Å². The number of halogens is 2. The Morgan fingerprint density at radius 1 is 1.03 bits per heavy atom. The molecule has 0 aliphatic heterocycles. The second-order valence-electron chi connectivity index (χ2n) is 7.39. The van der Waals surface area contributed by atoms with Gasteiger partial charge in [-0.3, -0.25) is 0 Å². The number of hydrogen-bond acceptors (Lipinski definition) is 6. The van der Waals surface area contributed by atoms with Crippen molar-refractivity contribution in [1.29, 1.82) is 0 Å². The Morgan fingerprint density at radius 2 is 1.82 bits per heavy atom. The lowest BCUT2D eigenvalue weighted by Crippen LogP contribution is -2.02. The first-order valence-corrected chi connectivity index (χ1v) is 12.1. The van der Waals surface area contributed by atoms with E-state index < -0.39 is 0 Å². The topological polar surface area (TPSA) is 61.5 Å². The van der Waals surface area contributed by atoms with Crippen LogP contribution in [0.1, 0.15) is 22.3 Å². The summed E-state index contributed by atoms with van der Waals surface area (Å²) in [5.74, 6) is 1.94. The predicted octanol–water partition coefficient (Wildman–Crippen LogP) is 6.66. The number of para-hydroxylation sites is 1. The van der Waals surface area contributed by atoms with Crippen LogP contribution in [-0.4, -0.2) is 28.2 Å². The monoisotopic (exact) mass is 512 g/mol. The van der Waals surface area contributed by atoms with Gasteiger partial charge in [0.2, 0.25) is 5.16 Å². The van der Waals surface area contributed by atoms with Gasteiger partial charge in [0.25, 0.3) is 0 Å². The number of rotatable bonds is 9. The minimum absolute atomic E-state index is 0.294. The third-order valence-electron chi connectivity index (χ3n) is 4.91. The SMILES string of the molecule is COc1cccc(/C=N\n2cnnc2SCc2ccc(C)cc2)c1OCc1ccc(Cl)c(Cl)c1. The molecule has 0 spiro atoms. The molecule has 0 radical (unpaired) electrons. The molecular weight excluding hydrogens is 491 g/mol. The Balaban J connectivity index is 1.50. The molecule has 0 amide bonds. The maximum absolute atomic E-state index is 6.13. The normalized spacial score (nSPS) is 11.2. The van der Waals surface area contributed by atoms with E-state index in [0.717, 1.165) is 16.9 Å². The minimum atomic E-state index is 0.294. The smallest absolute Gasteiger partial charge is 0.212 e. The van der Waals surface area contributed by atoms with Gasteiger partial charge in [-0.15, -0.1) is 10.2 Å². The summed E-state index contributed by atoms with van der Waals surface area (Å²) in [5.41, 5.74) is 4.08. The van der Waals surface area contributed by atoms with Crippen LogP contribution in [0.15, 0.2) is 77.2 Å². The van der Waals surface area contributed by atoms with E-state index >= 15 is 0 Å². The molecule has 4 rings (SSSR count). The highest BCUT2D eigenvalue weighted by atomic mass is 35.5. The summed E-state index contributed by atoms with van der Waals surface area (Å²) in [5, 5.41) is 14.4. The Morgan fingerprint density at radius 3 is 2.59 bits per heavy atom. The molecule has 0 saturated carbocycles. The number of aromatic nitrogens is 3. The van der Waals surface area contributed by atoms with Gasteiger partial charge in [0.05, 0.1) is 23.4 Å². The molecule has 0 aliphatic carbocycles. The molecule has 0 fully saturated rings. The molecule has 0 unspecified atom stereocenters. The highest BCUT2D eigenvalue weighted by Crippen LogP contribution is 2.32. The van der Waals surface area contributed by atoms with E-state index in [2.05, 4.69) is 46.5 Å². The largest absolute Gasteiger partial charge is 0.493 e. The van der Waals surface area contributed by atoms with Crippen LogP contribution in [-0.2, 0) is 12.4 Å². The van der Waals surface area contributed by atoms with Crippen molar-refractivity contribution in [1.82, 2.24) is 14.9 Å². The van der Waals surface area contributed by atoms with Crippen molar-refractivity contribution in [3.05, 3.63) is 99.3 Å². The van der Waals surface area contributed by atoms with Gasteiger partial charge in [0.15, 0.2) is 11.5 Å². The van der Waals surface area contributed by atoms with E-state index in [4.69, 9.17) is 32.7 Å². The third kappa shape index (κ3) is 6.11. The number of nitrogens with zero attached hydrogens (tertiary/aromatic N) is 4. The van der Waals surface area contributed by atoms with E-state index in [1.807, 2.05) is 24.3 Å². The van der Waals surface area contributed by atoms with E-state index in [0.29, 0.717) is 33.3 Å². The third-order valence-corrected chi connectivity index (χ3v) is 6.65. The maximum Gasteiger partial charge on any atom is 0.212 e. The fourth-order valence-electron chi connectivity index (χ4n) is 3.08. The predicted molar refractivity (Wildman–Crippen MR) is 138 cm³/mol. The molecule has 0 saturated heterocycles. The Kier molecular flexibility index (Phi) is 8.11. The van der Waals surface area contributed by atoms with Gasteiger partial charge in [-0.1, -0.05) is 76.9 Å². The molecule has 1 heterocycles. The molecule has 6 nitrogen and oxygen atoms in total. The van der Waals surface area contributed by atoms with Crippen LogP contribution in [0.3, 0.4) is 0 Å². The van der Waals surface area contributed by atoms with Crippen LogP contribution in [0.2, 0.25) is 10.0 Å². The van der Waals surface area contributed by atoms with Crippen LogP contribution in [0.25, 0.3) is 0 Å². The molecule has 0 bridgehead atoms. The highest BCUT2D eigenvalue weighted by Gasteiger charge is 2.11. The zero-order valence-corrected chi connectivity index (χ0v) is 20.9. The average molecular weight is 513 g/mol. The van der Waals surface area contributed by atoms with Crippen LogP contribution >= 0.6 is 35.0 Å². The molecule has 9 heteroatoms. The van der Waals surface area contributed by atoms with Crippen molar-refractivity contribution in [2.24, 2.45) is 5.10 Å². The Hall–Kier alpha value is -3.00. The lowest BCUT2D eigenvalue weighted by atomic mass is 10.2. The maximum atomic E-state index is 6.13. The van der Waals surface area contributed by atoms with Gasteiger partial charge in [-0.05, 0) is 42.3 Å². The summed E-state index contributed by atoms with van der Waals surface area (Å²) < 4.78 is 13.2. The van der Waals surface area contributed by atoms with Gasteiger partial charge >= 0.3 is 0 Å². The minimum Gasteiger partial charge on any atom is -0.493 e. The van der Waals surface area contributed by atoms with Crippen LogP contribution in [0.5, 0.6) is 11.5 Å². The molecular formula is C25H22Cl2N4O2S. The highest BCUT2D eigenvalue weighted by molar-refractivity contribution is 7.98. The number of hydrogen-bond donors (Lipinski definition) is 0. The molecule has 1 aromatic heterocycles. The number of ether oxygens (including phenoxy) is 2. The fraction of sp³-hybridized carbons (Fsp3) is 0.160. The molecule has 0 atom stereocenters. The summed E-state index contributed by atoms with van der Waals surface area (Å²) in [4.78, 5) is 0. The molecule has 0 N–H and O–H groups in total. The average Bonchev–Trinajstić information content (AvgIpc) is 3.30. The number of benzene rings is 3. The van der Waals surface area contributed by atoms with Crippen molar-refractivity contribution in [3.63, 3.8) is 0 Å². The van der Waals surface area contributed by atoms with Crippen molar-refractivity contribution >= 4 is 41.2 Å². The van der Waals surface area contributed by atoms with Crippen LogP contribution in [0.4, 0.5) is 0 Å². The summed E-state index contributed by atoms with van der Waals surface area (Å²) in [7, 11) is 1.60. The number of thioether (sulfide) groups is 1. The van der Waals surface area contributed by atoms with Crippen molar-refractivity contribution in [3.8, 4) is 11.5 Å². The second-order valence-corrected chi connectivity index (χ2v) is 9.15. The zero-order valence-electron chi connectivity index (χ0n) is 18.6. The second kappa shape index (κ2) is 11.4. The van der Waals surface area contributed by atoms with Crippen molar-refractivity contribution in [2.45, 2.75) is 24.4 Å². The first-order chi connectivity index (χ1) is 16.5. The zero-order chi connectivity index (χ0) is 23.9. The summed E-state index contributed by atoms with van der Waals surface area (Å²) >= 11 is 13.7. The first-order valence-electron chi connectivity index (χ1n) is 10.4. The standard InChI is InChI=1S/C25H22Cl2N4O2S/c1-17-6-8-18(9-7-17)15-34-25-30-28-16-31(25)29-13-20-4-3-5-23(32-2)24(20)33-14-19-10-11-21(26)22(27)12-19/h3-13,16H,14-15H2,1-2H3/b29-13-. The van der Waals surface area contributed by atoms with Crippen molar-refractivity contribution < 1.29 is 9.47 Å². The fourth-order valence-corrected chi connectivity index (χ4v) is 4.23. The van der Waals surface area contributed by atoms with E-state index in [1.54, 1.807) is 48.2 Å². The van der Waals surface area contributed by atoms with Crippen molar-refractivity contribution in [2.75, 3.05) is 7.11 Å².